The van der Waals surface area contributed by atoms with Gasteiger partial charge in [-0.25, -0.2) is 0 Å². The molecule has 1 aliphatic heterocycles. The van der Waals surface area contributed by atoms with Crippen LogP contribution in [0.4, 0.5) is 0 Å². The molecule has 0 spiro atoms. The van der Waals surface area contributed by atoms with Crippen LogP contribution in [0.15, 0.2) is 60.0 Å². The second kappa shape index (κ2) is 8.84. The molecule has 31 heavy (non-hydrogen) atoms. The van der Waals surface area contributed by atoms with Gasteiger partial charge in [0.2, 0.25) is 11.8 Å². The van der Waals surface area contributed by atoms with Crippen molar-refractivity contribution < 1.29 is 14.2 Å². The van der Waals surface area contributed by atoms with Gasteiger partial charge in [0.25, 0.3) is 0 Å². The van der Waals surface area contributed by atoms with E-state index >= 15 is 0 Å². The number of rotatable bonds is 7. The quantitative estimate of drug-likeness (QED) is 0.599. The van der Waals surface area contributed by atoms with Crippen LogP contribution < -0.4 is 19.9 Å². The number of fused-ring (bicyclic) bond motifs is 1. The van der Waals surface area contributed by atoms with Crippen LogP contribution in [0, 0.1) is 11.3 Å². The number of aromatic amines is 1. The van der Waals surface area contributed by atoms with Crippen LogP contribution in [0.5, 0.6) is 17.4 Å². The molecule has 2 aromatic carbocycles. The highest BCUT2D eigenvalue weighted by atomic mass is 16.5. The summed E-state index contributed by atoms with van der Waals surface area (Å²) in [6, 6.07) is 17.8. The van der Waals surface area contributed by atoms with Gasteiger partial charge in [0.1, 0.15) is 18.2 Å². The summed E-state index contributed by atoms with van der Waals surface area (Å²) >= 11 is 0. The number of methoxy groups -OCH3 is 1. The van der Waals surface area contributed by atoms with Crippen LogP contribution in [0.25, 0.3) is 0 Å². The van der Waals surface area contributed by atoms with Crippen molar-refractivity contribution in [1.29, 1.82) is 5.26 Å². The fourth-order valence-electron chi connectivity index (χ4n) is 3.80. The van der Waals surface area contributed by atoms with E-state index < -0.39 is 5.92 Å². The molecule has 0 fully saturated rings. The van der Waals surface area contributed by atoms with Gasteiger partial charge < -0.3 is 19.9 Å². The number of ether oxygens (including phenoxy) is 3. The van der Waals surface area contributed by atoms with Crippen molar-refractivity contribution >= 4 is 0 Å². The Morgan fingerprint density at radius 2 is 2.00 bits per heavy atom. The van der Waals surface area contributed by atoms with Crippen LogP contribution in [0.1, 0.15) is 41.6 Å². The number of aryl methyl sites for hydroxylation is 1. The Bertz CT molecular complexity index is 1150. The van der Waals surface area contributed by atoms with E-state index in [1.807, 2.05) is 48.5 Å². The standard InChI is InChI=1S/C24H24N4O3/c1-3-7-18-22-21(17(13-25)23(26)31-24(22)28-27-18)16-10-11-19(20(12-16)29-2)30-14-15-8-5-4-6-9-15/h4-6,8-12,21H,3,7,14,26H2,1-2H3,(H,27,28)/t21-/m1/s1. The number of hydrogen-bond donors (Lipinski definition) is 2. The number of allylic oxidation sites excluding steroid dienone is 1. The minimum atomic E-state index is -0.397. The summed E-state index contributed by atoms with van der Waals surface area (Å²) in [5.41, 5.74) is 10.1. The zero-order valence-corrected chi connectivity index (χ0v) is 17.5. The minimum Gasteiger partial charge on any atom is -0.493 e. The molecule has 0 amide bonds. The van der Waals surface area contributed by atoms with Crippen molar-refractivity contribution in [2.75, 3.05) is 7.11 Å². The summed E-state index contributed by atoms with van der Waals surface area (Å²) < 4.78 is 17.2. The average molecular weight is 416 g/mol. The topological polar surface area (TPSA) is 106 Å². The molecule has 7 heteroatoms. The van der Waals surface area contributed by atoms with Gasteiger partial charge in [0.15, 0.2) is 11.5 Å². The third-order valence-electron chi connectivity index (χ3n) is 5.28. The summed E-state index contributed by atoms with van der Waals surface area (Å²) in [6.07, 6.45) is 1.72. The second-order valence-electron chi connectivity index (χ2n) is 7.28. The fraction of sp³-hybridized carbons (Fsp3) is 0.250. The van der Waals surface area contributed by atoms with Crippen molar-refractivity contribution in [3.05, 3.63) is 82.4 Å². The first-order valence-corrected chi connectivity index (χ1v) is 10.2. The lowest BCUT2D eigenvalue weighted by molar-refractivity contribution is 0.284. The van der Waals surface area contributed by atoms with E-state index in [-0.39, 0.29) is 5.88 Å². The van der Waals surface area contributed by atoms with Gasteiger partial charge in [0.05, 0.1) is 13.0 Å². The highest BCUT2D eigenvalue weighted by molar-refractivity contribution is 5.57. The maximum absolute atomic E-state index is 9.81. The monoisotopic (exact) mass is 416 g/mol. The van der Waals surface area contributed by atoms with Gasteiger partial charge in [0, 0.05) is 11.3 Å². The summed E-state index contributed by atoms with van der Waals surface area (Å²) in [5, 5.41) is 17.1. The molecule has 3 aromatic rings. The summed E-state index contributed by atoms with van der Waals surface area (Å²) in [6.45, 7) is 2.51. The summed E-state index contributed by atoms with van der Waals surface area (Å²) in [5.74, 6) is 1.29. The van der Waals surface area contributed by atoms with E-state index in [1.54, 1.807) is 7.11 Å². The molecule has 3 N–H and O–H groups in total. The lowest BCUT2D eigenvalue weighted by Gasteiger charge is -2.24. The van der Waals surface area contributed by atoms with E-state index in [2.05, 4.69) is 23.2 Å². The highest BCUT2D eigenvalue weighted by Crippen LogP contribution is 2.44. The van der Waals surface area contributed by atoms with Gasteiger partial charge in [-0.05, 0) is 29.7 Å². The lowest BCUT2D eigenvalue weighted by atomic mass is 9.83. The van der Waals surface area contributed by atoms with Crippen LogP contribution in [-0.4, -0.2) is 17.3 Å². The maximum Gasteiger partial charge on any atom is 0.244 e. The molecule has 158 valence electrons. The Labute approximate surface area is 181 Å². The number of benzene rings is 2. The smallest absolute Gasteiger partial charge is 0.244 e. The Morgan fingerprint density at radius 1 is 1.19 bits per heavy atom. The largest absolute Gasteiger partial charge is 0.493 e. The fourth-order valence-corrected chi connectivity index (χ4v) is 3.80. The van der Waals surface area contributed by atoms with Gasteiger partial charge in [-0.1, -0.05) is 49.7 Å². The Hall–Kier alpha value is -3.92. The summed E-state index contributed by atoms with van der Waals surface area (Å²) in [4.78, 5) is 0. The first kappa shape index (κ1) is 20.4. The zero-order valence-electron chi connectivity index (χ0n) is 17.5. The van der Waals surface area contributed by atoms with Crippen molar-refractivity contribution in [3.63, 3.8) is 0 Å². The van der Waals surface area contributed by atoms with Gasteiger partial charge in [-0.3, -0.25) is 5.10 Å². The minimum absolute atomic E-state index is 0.0675. The average Bonchev–Trinajstić information content (AvgIpc) is 3.19. The number of nitriles is 1. The third-order valence-corrected chi connectivity index (χ3v) is 5.28. The molecule has 0 saturated carbocycles. The number of nitrogens with one attached hydrogen (secondary N) is 1. The predicted octanol–water partition coefficient (Wildman–Crippen LogP) is 4.17. The first-order chi connectivity index (χ1) is 15.2. The molecule has 1 atom stereocenters. The molecule has 0 radical (unpaired) electrons. The molecule has 0 saturated heterocycles. The summed E-state index contributed by atoms with van der Waals surface area (Å²) in [7, 11) is 1.60. The molecule has 0 unspecified atom stereocenters. The third kappa shape index (κ3) is 3.92. The number of nitrogens with two attached hydrogens (primary N) is 1. The number of aromatic nitrogens is 2. The molecule has 2 heterocycles. The highest BCUT2D eigenvalue weighted by Gasteiger charge is 2.35. The van der Waals surface area contributed by atoms with Crippen molar-refractivity contribution in [1.82, 2.24) is 10.2 Å². The van der Waals surface area contributed by atoms with Crippen LogP contribution in [-0.2, 0) is 13.0 Å². The van der Waals surface area contributed by atoms with E-state index in [1.165, 1.54) is 0 Å². The molecule has 7 nitrogen and oxygen atoms in total. The number of nitrogens with zero attached hydrogens (tertiary/aromatic N) is 2. The van der Waals surface area contributed by atoms with Crippen LogP contribution in [0.2, 0.25) is 0 Å². The van der Waals surface area contributed by atoms with Crippen molar-refractivity contribution in [2.45, 2.75) is 32.3 Å². The second-order valence-corrected chi connectivity index (χ2v) is 7.28. The Balaban J connectivity index is 1.71. The molecule has 0 bridgehead atoms. The lowest BCUT2D eigenvalue weighted by Crippen LogP contribution is -2.21. The molecule has 1 aliphatic rings. The predicted molar refractivity (Wildman–Crippen MR) is 116 cm³/mol. The van der Waals surface area contributed by atoms with Crippen LogP contribution in [0.3, 0.4) is 0 Å². The van der Waals surface area contributed by atoms with E-state index in [9.17, 15) is 5.26 Å². The van der Waals surface area contributed by atoms with E-state index in [0.29, 0.717) is 29.6 Å². The molecule has 4 rings (SSSR count). The van der Waals surface area contributed by atoms with Crippen molar-refractivity contribution in [2.24, 2.45) is 5.73 Å². The Morgan fingerprint density at radius 3 is 2.71 bits per heavy atom. The molecular weight excluding hydrogens is 392 g/mol. The van der Waals surface area contributed by atoms with E-state index in [0.717, 1.165) is 35.2 Å². The van der Waals surface area contributed by atoms with Gasteiger partial charge >= 0.3 is 0 Å². The van der Waals surface area contributed by atoms with Gasteiger partial charge in [-0.2, -0.15) is 5.26 Å². The van der Waals surface area contributed by atoms with E-state index in [4.69, 9.17) is 19.9 Å². The van der Waals surface area contributed by atoms with Gasteiger partial charge in [-0.15, -0.1) is 5.10 Å². The maximum atomic E-state index is 9.81. The van der Waals surface area contributed by atoms with Crippen LogP contribution >= 0.6 is 0 Å². The SMILES string of the molecule is CCCc1[nH]nc2c1[C@H](c1ccc(OCc3ccccc3)c(OC)c1)C(C#N)=C(N)O2. The molecule has 0 aliphatic carbocycles. The first-order valence-electron chi connectivity index (χ1n) is 10.2. The zero-order chi connectivity index (χ0) is 21.8. The van der Waals surface area contributed by atoms with Crippen molar-refractivity contribution in [3.8, 4) is 23.4 Å². The normalized spacial score (nSPS) is 15.1. The Kier molecular flexibility index (Phi) is 5.80. The number of H-pyrrole nitrogens is 1. The molecular formula is C24H24N4O3. The molecule has 1 aromatic heterocycles. The number of hydrogen-bond acceptors (Lipinski definition) is 6.